The van der Waals surface area contributed by atoms with E-state index in [2.05, 4.69) is 25.7 Å². The number of hydrogen-bond acceptors (Lipinski definition) is 0. The fourth-order valence-electron chi connectivity index (χ4n) is 4.41. The van der Waals surface area contributed by atoms with E-state index in [4.69, 9.17) is 0 Å². The largest absolute Gasteiger partial charge is 0.0996 e. The minimum Gasteiger partial charge on any atom is -0.0996 e. The van der Waals surface area contributed by atoms with E-state index in [-0.39, 0.29) is 0 Å². The lowest BCUT2D eigenvalue weighted by molar-refractivity contribution is 0.292. The van der Waals surface area contributed by atoms with Crippen molar-refractivity contribution in [2.75, 3.05) is 0 Å². The van der Waals surface area contributed by atoms with Crippen LogP contribution in [0.2, 0.25) is 0 Å². The number of hydrogen-bond donors (Lipinski definition) is 0. The molecule has 2 aliphatic carbocycles. The van der Waals surface area contributed by atoms with Gasteiger partial charge in [-0.3, -0.25) is 0 Å². The van der Waals surface area contributed by atoms with E-state index in [1.807, 2.05) is 0 Å². The standard InChI is InChI=1S/C22H38/c1-3-5-6-7-8-20-13-15-22(16-14-20)18-17-21-11-9-19(4-2)10-12-21/h19-22H,3-16H2,1-2H3/t19-,20-,21-,22-. The summed E-state index contributed by atoms with van der Waals surface area (Å²) in [5.41, 5.74) is 0. The molecular formula is C22H38. The predicted octanol–water partition coefficient (Wildman–Crippen LogP) is 6.98. The Bertz CT molecular complexity index is 329. The summed E-state index contributed by atoms with van der Waals surface area (Å²) in [6.07, 6.45) is 19.9. The van der Waals surface area contributed by atoms with Crippen molar-refractivity contribution < 1.29 is 0 Å². The highest BCUT2D eigenvalue weighted by atomic mass is 14.3. The first-order valence-electron chi connectivity index (χ1n) is 10.3. The Morgan fingerprint density at radius 2 is 1.18 bits per heavy atom. The van der Waals surface area contributed by atoms with Crippen LogP contribution < -0.4 is 0 Å². The third-order valence-electron chi connectivity index (χ3n) is 6.23. The van der Waals surface area contributed by atoms with Crippen LogP contribution in [0.15, 0.2) is 0 Å². The fraction of sp³-hybridized carbons (Fsp3) is 0.909. The van der Waals surface area contributed by atoms with E-state index in [1.165, 1.54) is 89.9 Å². The van der Waals surface area contributed by atoms with Crippen LogP contribution in [0.5, 0.6) is 0 Å². The molecule has 2 fully saturated rings. The van der Waals surface area contributed by atoms with Crippen molar-refractivity contribution in [3.8, 4) is 11.8 Å². The smallest absolute Gasteiger partial charge is 0.0203 e. The zero-order chi connectivity index (χ0) is 15.6. The minimum atomic E-state index is 0.731. The Morgan fingerprint density at radius 1 is 0.636 bits per heavy atom. The molecule has 22 heavy (non-hydrogen) atoms. The average molecular weight is 303 g/mol. The zero-order valence-corrected chi connectivity index (χ0v) is 15.2. The third-order valence-corrected chi connectivity index (χ3v) is 6.23. The second kappa shape index (κ2) is 10.4. The summed E-state index contributed by atoms with van der Waals surface area (Å²) in [6, 6.07) is 0. The second-order valence-electron chi connectivity index (χ2n) is 7.98. The quantitative estimate of drug-likeness (QED) is 0.366. The highest BCUT2D eigenvalue weighted by molar-refractivity contribution is 5.09. The Kier molecular flexibility index (Phi) is 8.43. The molecule has 126 valence electrons. The van der Waals surface area contributed by atoms with Crippen LogP contribution in [0.1, 0.15) is 104 Å². The Balaban J connectivity index is 1.60. The molecule has 0 atom stereocenters. The lowest BCUT2D eigenvalue weighted by Crippen LogP contribution is -2.15. The van der Waals surface area contributed by atoms with Gasteiger partial charge in [-0.15, -0.1) is 0 Å². The molecule has 0 amide bonds. The van der Waals surface area contributed by atoms with E-state index in [0.717, 1.165) is 23.7 Å². The van der Waals surface area contributed by atoms with Gasteiger partial charge in [-0.05, 0) is 63.2 Å². The van der Waals surface area contributed by atoms with Crippen LogP contribution in [0.4, 0.5) is 0 Å². The average Bonchev–Trinajstić information content (AvgIpc) is 2.58. The van der Waals surface area contributed by atoms with Crippen molar-refractivity contribution in [1.82, 2.24) is 0 Å². The predicted molar refractivity (Wildman–Crippen MR) is 97.7 cm³/mol. The minimum absolute atomic E-state index is 0.731. The first kappa shape index (κ1) is 17.9. The van der Waals surface area contributed by atoms with Crippen LogP contribution in [-0.2, 0) is 0 Å². The summed E-state index contributed by atoms with van der Waals surface area (Å²) in [4.78, 5) is 0. The molecule has 0 bridgehead atoms. The molecule has 0 unspecified atom stereocenters. The molecule has 0 saturated heterocycles. The van der Waals surface area contributed by atoms with Gasteiger partial charge in [0.25, 0.3) is 0 Å². The molecule has 0 heterocycles. The van der Waals surface area contributed by atoms with Crippen molar-refractivity contribution in [3.05, 3.63) is 0 Å². The molecule has 2 saturated carbocycles. The SMILES string of the molecule is CCCCCC[C@H]1CC[C@H](C#C[C@H]2CC[C@H](CC)CC2)CC1. The topological polar surface area (TPSA) is 0 Å². The van der Waals surface area contributed by atoms with Crippen molar-refractivity contribution in [3.63, 3.8) is 0 Å². The normalized spacial score (nSPS) is 32.3. The molecule has 2 rings (SSSR count). The summed E-state index contributed by atoms with van der Waals surface area (Å²) < 4.78 is 0. The Hall–Kier alpha value is -0.440. The van der Waals surface area contributed by atoms with Crippen molar-refractivity contribution in [2.24, 2.45) is 23.7 Å². The first-order chi connectivity index (χ1) is 10.8. The monoisotopic (exact) mass is 302 g/mol. The molecule has 0 aromatic rings. The molecule has 0 N–H and O–H groups in total. The van der Waals surface area contributed by atoms with E-state index >= 15 is 0 Å². The van der Waals surface area contributed by atoms with E-state index in [9.17, 15) is 0 Å². The van der Waals surface area contributed by atoms with Crippen molar-refractivity contribution in [2.45, 2.75) is 104 Å². The molecule has 2 aliphatic rings. The molecule has 0 aromatic heterocycles. The van der Waals surface area contributed by atoms with Crippen LogP contribution in [0.3, 0.4) is 0 Å². The highest BCUT2D eigenvalue weighted by Gasteiger charge is 2.21. The van der Waals surface area contributed by atoms with Gasteiger partial charge in [-0.25, -0.2) is 0 Å². The lowest BCUT2D eigenvalue weighted by atomic mass is 9.78. The maximum absolute atomic E-state index is 3.67. The van der Waals surface area contributed by atoms with Crippen LogP contribution in [-0.4, -0.2) is 0 Å². The van der Waals surface area contributed by atoms with E-state index in [0.29, 0.717) is 0 Å². The van der Waals surface area contributed by atoms with Crippen LogP contribution >= 0.6 is 0 Å². The van der Waals surface area contributed by atoms with Gasteiger partial charge in [0.2, 0.25) is 0 Å². The van der Waals surface area contributed by atoms with Gasteiger partial charge in [0.15, 0.2) is 0 Å². The second-order valence-corrected chi connectivity index (χ2v) is 7.98. The van der Waals surface area contributed by atoms with Gasteiger partial charge < -0.3 is 0 Å². The van der Waals surface area contributed by atoms with Gasteiger partial charge in [0, 0.05) is 11.8 Å². The Labute approximate surface area is 139 Å². The Morgan fingerprint density at radius 3 is 1.68 bits per heavy atom. The van der Waals surface area contributed by atoms with E-state index < -0.39 is 0 Å². The molecule has 0 aliphatic heterocycles. The summed E-state index contributed by atoms with van der Waals surface area (Å²) >= 11 is 0. The first-order valence-corrected chi connectivity index (χ1v) is 10.3. The summed E-state index contributed by atoms with van der Waals surface area (Å²) in [5, 5.41) is 0. The van der Waals surface area contributed by atoms with E-state index in [1.54, 1.807) is 0 Å². The lowest BCUT2D eigenvalue weighted by Gasteiger charge is -2.26. The maximum atomic E-state index is 3.67. The molecule has 0 nitrogen and oxygen atoms in total. The number of rotatable bonds is 6. The molecule has 0 spiro atoms. The summed E-state index contributed by atoms with van der Waals surface area (Å²) in [5.74, 6) is 10.8. The zero-order valence-electron chi connectivity index (χ0n) is 15.2. The van der Waals surface area contributed by atoms with Crippen LogP contribution in [0, 0.1) is 35.5 Å². The van der Waals surface area contributed by atoms with Crippen molar-refractivity contribution in [1.29, 1.82) is 0 Å². The fourth-order valence-corrected chi connectivity index (χ4v) is 4.41. The van der Waals surface area contributed by atoms with Gasteiger partial charge >= 0.3 is 0 Å². The van der Waals surface area contributed by atoms with Crippen LogP contribution in [0.25, 0.3) is 0 Å². The van der Waals surface area contributed by atoms with Gasteiger partial charge in [0.1, 0.15) is 0 Å². The van der Waals surface area contributed by atoms with Gasteiger partial charge in [0.05, 0.1) is 0 Å². The molecule has 0 radical (unpaired) electrons. The van der Waals surface area contributed by atoms with Crippen molar-refractivity contribution >= 4 is 0 Å². The molecule has 0 aromatic carbocycles. The van der Waals surface area contributed by atoms with Gasteiger partial charge in [-0.2, -0.15) is 0 Å². The van der Waals surface area contributed by atoms with Gasteiger partial charge in [-0.1, -0.05) is 64.2 Å². The molecular weight excluding hydrogens is 264 g/mol. The molecule has 0 heteroatoms. The highest BCUT2D eigenvalue weighted by Crippen LogP contribution is 2.33. The third kappa shape index (κ3) is 6.36. The maximum Gasteiger partial charge on any atom is 0.0203 e. The number of unbranched alkanes of at least 4 members (excludes halogenated alkanes) is 3. The summed E-state index contributed by atoms with van der Waals surface area (Å²) in [7, 11) is 0. The summed E-state index contributed by atoms with van der Waals surface area (Å²) in [6.45, 7) is 4.65.